The van der Waals surface area contributed by atoms with Gasteiger partial charge in [0.2, 0.25) is 0 Å². The molecule has 0 aromatic carbocycles. The van der Waals surface area contributed by atoms with Crippen LogP contribution in [0.2, 0.25) is 0 Å². The number of pyridine rings is 1. The van der Waals surface area contributed by atoms with Crippen LogP contribution >= 0.6 is 11.8 Å². The zero-order valence-corrected chi connectivity index (χ0v) is 6.97. The Morgan fingerprint density at radius 3 is 2.91 bits per heavy atom. The largest absolute Gasteiger partial charge is 0.301 e. The summed E-state index contributed by atoms with van der Waals surface area (Å²) in [5.41, 5.74) is 1.34. The lowest BCUT2D eigenvalue weighted by Crippen LogP contribution is -2.11. The molecule has 1 N–H and O–H groups in total. The molecule has 3 heteroatoms. The molecule has 1 aromatic rings. The second-order valence-corrected chi connectivity index (χ2v) is 3.70. The summed E-state index contributed by atoms with van der Waals surface area (Å²) >= 11 is 1.96. The zero-order valence-electron chi connectivity index (χ0n) is 6.16. The Kier molecular flexibility index (Phi) is 2.10. The normalized spacial score (nSPS) is 23.8. The van der Waals surface area contributed by atoms with Crippen LogP contribution in [0.3, 0.4) is 0 Å². The lowest BCUT2D eigenvalue weighted by Gasteiger charge is -2.07. The molecule has 0 saturated carbocycles. The number of aromatic nitrogens is 1. The maximum absolute atomic E-state index is 3.98. The van der Waals surface area contributed by atoms with Crippen molar-refractivity contribution in [1.29, 1.82) is 0 Å². The highest BCUT2D eigenvalue weighted by atomic mass is 32.2. The van der Waals surface area contributed by atoms with Crippen LogP contribution in [0.1, 0.15) is 10.9 Å². The minimum atomic E-state index is 0.498. The fraction of sp³-hybridized carbons (Fsp3) is 0.375. The van der Waals surface area contributed by atoms with E-state index in [0.29, 0.717) is 5.37 Å². The first-order chi connectivity index (χ1) is 5.47. The highest BCUT2D eigenvalue weighted by molar-refractivity contribution is 7.99. The standard InChI is InChI=1S/C8H10N2S/c1-3-9-4-2-7(1)8-10-5-6-11-8/h1-4,8,10H,5-6H2/t8-/m1/s1. The van der Waals surface area contributed by atoms with Crippen LogP contribution in [0.25, 0.3) is 0 Å². The average molecular weight is 166 g/mol. The van der Waals surface area contributed by atoms with Gasteiger partial charge in [-0.05, 0) is 17.7 Å². The Hall–Kier alpha value is -0.540. The van der Waals surface area contributed by atoms with Crippen molar-refractivity contribution in [2.24, 2.45) is 0 Å². The quantitative estimate of drug-likeness (QED) is 0.683. The molecule has 0 radical (unpaired) electrons. The van der Waals surface area contributed by atoms with Gasteiger partial charge in [-0.15, -0.1) is 11.8 Å². The summed E-state index contributed by atoms with van der Waals surface area (Å²) in [6, 6.07) is 4.13. The predicted molar refractivity (Wildman–Crippen MR) is 47.4 cm³/mol. The van der Waals surface area contributed by atoms with Crippen LogP contribution in [-0.4, -0.2) is 17.3 Å². The maximum atomic E-state index is 3.98. The van der Waals surface area contributed by atoms with Gasteiger partial charge in [0.1, 0.15) is 0 Å². The van der Waals surface area contributed by atoms with E-state index < -0.39 is 0 Å². The van der Waals surface area contributed by atoms with Crippen LogP contribution in [0.5, 0.6) is 0 Å². The Balaban J connectivity index is 2.16. The molecule has 11 heavy (non-hydrogen) atoms. The Bertz CT molecular complexity index is 219. The van der Waals surface area contributed by atoms with E-state index in [1.807, 2.05) is 24.2 Å². The fourth-order valence-electron chi connectivity index (χ4n) is 1.18. The van der Waals surface area contributed by atoms with Gasteiger partial charge in [0, 0.05) is 24.7 Å². The molecular weight excluding hydrogens is 156 g/mol. The molecule has 58 valence electrons. The molecule has 0 amide bonds. The van der Waals surface area contributed by atoms with Gasteiger partial charge in [-0.3, -0.25) is 4.98 Å². The van der Waals surface area contributed by atoms with E-state index in [0.717, 1.165) is 6.54 Å². The van der Waals surface area contributed by atoms with Crippen LogP contribution in [0.4, 0.5) is 0 Å². The van der Waals surface area contributed by atoms with E-state index in [9.17, 15) is 0 Å². The summed E-state index contributed by atoms with van der Waals surface area (Å²) in [6.45, 7) is 1.12. The van der Waals surface area contributed by atoms with E-state index in [-0.39, 0.29) is 0 Å². The molecule has 0 spiro atoms. The van der Waals surface area contributed by atoms with Gasteiger partial charge < -0.3 is 5.32 Å². The lowest BCUT2D eigenvalue weighted by atomic mass is 10.3. The summed E-state index contributed by atoms with van der Waals surface area (Å²) < 4.78 is 0. The maximum Gasteiger partial charge on any atom is 0.0791 e. The minimum Gasteiger partial charge on any atom is -0.301 e. The first-order valence-corrected chi connectivity index (χ1v) is 4.76. The molecule has 2 heterocycles. The first-order valence-electron chi connectivity index (χ1n) is 3.72. The second-order valence-electron chi connectivity index (χ2n) is 2.49. The highest BCUT2D eigenvalue weighted by Crippen LogP contribution is 2.28. The summed E-state index contributed by atoms with van der Waals surface area (Å²) in [6.07, 6.45) is 3.69. The van der Waals surface area contributed by atoms with Crippen molar-refractivity contribution in [3.63, 3.8) is 0 Å². The molecule has 1 aliphatic heterocycles. The van der Waals surface area contributed by atoms with Gasteiger partial charge in [0.15, 0.2) is 0 Å². The van der Waals surface area contributed by atoms with E-state index in [1.165, 1.54) is 11.3 Å². The van der Waals surface area contributed by atoms with Crippen LogP contribution < -0.4 is 5.32 Å². The number of hydrogen-bond acceptors (Lipinski definition) is 3. The second kappa shape index (κ2) is 3.24. The molecule has 2 nitrogen and oxygen atoms in total. The van der Waals surface area contributed by atoms with Crippen LogP contribution in [0, 0.1) is 0 Å². The van der Waals surface area contributed by atoms with E-state index >= 15 is 0 Å². The molecular formula is C8H10N2S. The molecule has 0 bridgehead atoms. The van der Waals surface area contributed by atoms with Gasteiger partial charge in [-0.1, -0.05) is 0 Å². The molecule has 0 aliphatic carbocycles. The van der Waals surface area contributed by atoms with Crippen molar-refractivity contribution in [2.45, 2.75) is 5.37 Å². The number of rotatable bonds is 1. The van der Waals surface area contributed by atoms with Crippen molar-refractivity contribution < 1.29 is 0 Å². The van der Waals surface area contributed by atoms with Gasteiger partial charge in [0.25, 0.3) is 0 Å². The first kappa shape index (κ1) is 7.13. The van der Waals surface area contributed by atoms with E-state index in [1.54, 1.807) is 0 Å². The number of thioether (sulfide) groups is 1. The van der Waals surface area contributed by atoms with Gasteiger partial charge >= 0.3 is 0 Å². The van der Waals surface area contributed by atoms with Crippen molar-refractivity contribution in [2.75, 3.05) is 12.3 Å². The molecule has 1 aliphatic rings. The molecule has 2 rings (SSSR count). The number of hydrogen-bond donors (Lipinski definition) is 1. The van der Waals surface area contributed by atoms with Gasteiger partial charge in [-0.25, -0.2) is 0 Å². The highest BCUT2D eigenvalue weighted by Gasteiger charge is 2.15. The Morgan fingerprint density at radius 2 is 2.27 bits per heavy atom. The molecule has 1 atom stereocenters. The SMILES string of the molecule is c1cc([C@@H]2NCCS2)ccn1. The molecule has 1 aromatic heterocycles. The number of nitrogens with zero attached hydrogens (tertiary/aromatic N) is 1. The third-order valence-corrected chi connectivity index (χ3v) is 2.94. The van der Waals surface area contributed by atoms with Crippen molar-refractivity contribution in [3.8, 4) is 0 Å². The Morgan fingerprint density at radius 1 is 1.45 bits per heavy atom. The molecule has 1 fully saturated rings. The fourth-order valence-corrected chi connectivity index (χ4v) is 2.23. The summed E-state index contributed by atoms with van der Waals surface area (Å²) in [7, 11) is 0. The van der Waals surface area contributed by atoms with Crippen LogP contribution in [0.15, 0.2) is 24.5 Å². The van der Waals surface area contributed by atoms with Gasteiger partial charge in [0.05, 0.1) is 5.37 Å². The molecule has 1 saturated heterocycles. The topological polar surface area (TPSA) is 24.9 Å². The third-order valence-electron chi connectivity index (χ3n) is 1.73. The zero-order chi connectivity index (χ0) is 7.52. The lowest BCUT2D eigenvalue weighted by molar-refractivity contribution is 0.750. The Labute approximate surface area is 70.4 Å². The summed E-state index contributed by atoms with van der Waals surface area (Å²) in [5, 5.41) is 3.91. The van der Waals surface area contributed by atoms with E-state index in [2.05, 4.69) is 22.4 Å². The van der Waals surface area contributed by atoms with E-state index in [4.69, 9.17) is 0 Å². The smallest absolute Gasteiger partial charge is 0.0791 e. The van der Waals surface area contributed by atoms with Crippen LogP contribution in [-0.2, 0) is 0 Å². The molecule has 0 unspecified atom stereocenters. The van der Waals surface area contributed by atoms with Gasteiger partial charge in [-0.2, -0.15) is 0 Å². The predicted octanol–water partition coefficient (Wildman–Crippen LogP) is 1.42. The third kappa shape index (κ3) is 1.54. The van der Waals surface area contributed by atoms with Crippen molar-refractivity contribution in [3.05, 3.63) is 30.1 Å². The average Bonchev–Trinajstić information content (AvgIpc) is 2.58. The number of nitrogens with one attached hydrogen (secondary N) is 1. The van der Waals surface area contributed by atoms with Crippen molar-refractivity contribution in [1.82, 2.24) is 10.3 Å². The summed E-state index contributed by atoms with van der Waals surface area (Å²) in [5.74, 6) is 1.22. The minimum absolute atomic E-state index is 0.498. The van der Waals surface area contributed by atoms with Crippen molar-refractivity contribution >= 4 is 11.8 Å². The monoisotopic (exact) mass is 166 g/mol. The summed E-state index contributed by atoms with van der Waals surface area (Å²) in [4.78, 5) is 3.98.